The largest absolute Gasteiger partial charge is 0.306 e. The van der Waals surface area contributed by atoms with Crippen molar-refractivity contribution in [2.45, 2.75) is 32.4 Å². The molecule has 0 saturated heterocycles. The molecule has 1 N–H and O–H groups in total. The molecule has 0 aromatic carbocycles. The van der Waals surface area contributed by atoms with E-state index in [2.05, 4.69) is 21.7 Å². The van der Waals surface area contributed by atoms with Crippen LogP contribution in [0.25, 0.3) is 0 Å². The average molecular weight is 250 g/mol. The van der Waals surface area contributed by atoms with Gasteiger partial charge in [-0.2, -0.15) is 0 Å². The number of aryl methyl sites for hydroxylation is 2. The van der Waals surface area contributed by atoms with E-state index in [0.29, 0.717) is 0 Å². The van der Waals surface area contributed by atoms with E-state index in [0.717, 1.165) is 18.8 Å². The third-order valence-electron chi connectivity index (χ3n) is 2.89. The molecule has 0 saturated carbocycles. The molecule has 0 aliphatic heterocycles. The Kier molecular flexibility index (Phi) is 3.04. The summed E-state index contributed by atoms with van der Waals surface area (Å²) in [6.07, 6.45) is 3.94. The molecule has 2 aromatic rings. The number of fused-ring (bicyclic) bond motifs is 1. The van der Waals surface area contributed by atoms with E-state index in [9.17, 15) is 0 Å². The molecular weight excluding hydrogens is 236 g/mol. The van der Waals surface area contributed by atoms with Gasteiger partial charge < -0.3 is 5.32 Å². The van der Waals surface area contributed by atoms with Crippen LogP contribution >= 0.6 is 22.7 Å². The van der Waals surface area contributed by atoms with Gasteiger partial charge in [0, 0.05) is 28.2 Å². The molecule has 0 fully saturated rings. The molecule has 0 amide bonds. The lowest BCUT2D eigenvalue weighted by Gasteiger charge is -1.99. The third-order valence-corrected chi connectivity index (χ3v) is 4.76. The van der Waals surface area contributed by atoms with Gasteiger partial charge in [0.05, 0.1) is 11.2 Å². The summed E-state index contributed by atoms with van der Waals surface area (Å²) in [7, 11) is 0. The van der Waals surface area contributed by atoms with Crippen LogP contribution in [0.2, 0.25) is 0 Å². The lowest BCUT2D eigenvalue weighted by Crippen LogP contribution is -2.11. The Morgan fingerprint density at radius 3 is 3.12 bits per heavy atom. The zero-order valence-corrected chi connectivity index (χ0v) is 10.7. The van der Waals surface area contributed by atoms with Crippen LogP contribution in [0.1, 0.15) is 27.4 Å². The van der Waals surface area contributed by atoms with Gasteiger partial charge >= 0.3 is 0 Å². The molecule has 3 rings (SSSR count). The van der Waals surface area contributed by atoms with Gasteiger partial charge in [0.15, 0.2) is 0 Å². The van der Waals surface area contributed by atoms with Crippen molar-refractivity contribution in [3.05, 3.63) is 38.0 Å². The minimum atomic E-state index is 0.881. The van der Waals surface area contributed by atoms with Crippen molar-refractivity contribution in [3.63, 3.8) is 0 Å². The number of rotatable bonds is 4. The van der Waals surface area contributed by atoms with Crippen LogP contribution in [0.5, 0.6) is 0 Å². The summed E-state index contributed by atoms with van der Waals surface area (Å²) >= 11 is 3.64. The highest BCUT2D eigenvalue weighted by atomic mass is 32.1. The van der Waals surface area contributed by atoms with Gasteiger partial charge in [0.2, 0.25) is 0 Å². The molecule has 2 aromatic heterocycles. The normalized spacial score (nSPS) is 14.2. The predicted molar refractivity (Wildman–Crippen MR) is 69.0 cm³/mol. The van der Waals surface area contributed by atoms with Gasteiger partial charge in [0.25, 0.3) is 0 Å². The second-order valence-corrected chi connectivity index (χ2v) is 6.04. The number of nitrogens with zero attached hydrogens (tertiary/aromatic N) is 1. The zero-order chi connectivity index (χ0) is 10.8. The molecule has 16 heavy (non-hydrogen) atoms. The number of aromatic nitrogens is 1. The second kappa shape index (κ2) is 4.65. The Morgan fingerprint density at radius 1 is 1.31 bits per heavy atom. The summed E-state index contributed by atoms with van der Waals surface area (Å²) < 4.78 is 0. The van der Waals surface area contributed by atoms with Crippen molar-refractivity contribution in [1.82, 2.24) is 10.3 Å². The maximum Gasteiger partial charge on any atom is 0.0795 e. The highest BCUT2D eigenvalue weighted by Gasteiger charge is 2.14. The SMILES string of the molecule is c1nc(CNCc2cc3c(s2)CCC3)cs1. The van der Waals surface area contributed by atoms with E-state index in [1.807, 2.05) is 16.8 Å². The van der Waals surface area contributed by atoms with Crippen LogP contribution in [-0.2, 0) is 25.9 Å². The summed E-state index contributed by atoms with van der Waals surface area (Å²) in [6, 6.07) is 2.38. The van der Waals surface area contributed by atoms with E-state index in [1.54, 1.807) is 21.8 Å². The highest BCUT2D eigenvalue weighted by Crippen LogP contribution is 2.30. The van der Waals surface area contributed by atoms with Gasteiger partial charge in [0.1, 0.15) is 0 Å². The van der Waals surface area contributed by atoms with Crippen molar-refractivity contribution in [1.29, 1.82) is 0 Å². The molecule has 0 radical (unpaired) electrons. The molecule has 0 unspecified atom stereocenters. The Morgan fingerprint density at radius 2 is 2.31 bits per heavy atom. The van der Waals surface area contributed by atoms with E-state index in [-0.39, 0.29) is 0 Å². The molecule has 4 heteroatoms. The summed E-state index contributed by atoms with van der Waals surface area (Å²) in [5.74, 6) is 0. The highest BCUT2D eigenvalue weighted by molar-refractivity contribution is 7.12. The van der Waals surface area contributed by atoms with E-state index < -0.39 is 0 Å². The van der Waals surface area contributed by atoms with Crippen LogP contribution in [-0.4, -0.2) is 4.98 Å². The first-order chi connectivity index (χ1) is 7.92. The Hall–Kier alpha value is -0.710. The van der Waals surface area contributed by atoms with Crippen LogP contribution in [0, 0.1) is 0 Å². The molecule has 84 valence electrons. The third kappa shape index (κ3) is 2.19. The summed E-state index contributed by atoms with van der Waals surface area (Å²) in [6.45, 7) is 1.86. The first kappa shape index (κ1) is 10.4. The lowest BCUT2D eigenvalue weighted by atomic mass is 10.2. The standard InChI is InChI=1S/C12H14N2S2/c1-2-9-4-11(16-12(9)3-1)6-13-5-10-7-15-8-14-10/h4,7-8,13H,1-3,5-6H2. The summed E-state index contributed by atoms with van der Waals surface area (Å²) in [4.78, 5) is 7.35. The zero-order valence-electron chi connectivity index (χ0n) is 9.03. The smallest absolute Gasteiger partial charge is 0.0795 e. The van der Waals surface area contributed by atoms with Crippen molar-refractivity contribution in [2.24, 2.45) is 0 Å². The molecule has 2 nitrogen and oxygen atoms in total. The molecule has 0 atom stereocenters. The van der Waals surface area contributed by atoms with Gasteiger partial charge in [-0.25, -0.2) is 4.98 Å². The van der Waals surface area contributed by atoms with Crippen LogP contribution in [0.15, 0.2) is 17.0 Å². The van der Waals surface area contributed by atoms with E-state index in [4.69, 9.17) is 0 Å². The Balaban J connectivity index is 1.54. The maximum absolute atomic E-state index is 4.26. The first-order valence-corrected chi connectivity index (χ1v) is 7.36. The van der Waals surface area contributed by atoms with Crippen LogP contribution in [0.4, 0.5) is 0 Å². The number of hydrogen-bond acceptors (Lipinski definition) is 4. The number of thiophene rings is 1. The predicted octanol–water partition coefficient (Wildman–Crippen LogP) is 2.98. The minimum absolute atomic E-state index is 0.881. The molecule has 2 heterocycles. The van der Waals surface area contributed by atoms with E-state index >= 15 is 0 Å². The van der Waals surface area contributed by atoms with Gasteiger partial charge in [-0.3, -0.25) is 0 Å². The summed E-state index contributed by atoms with van der Waals surface area (Å²) in [5.41, 5.74) is 4.63. The topological polar surface area (TPSA) is 24.9 Å². The van der Waals surface area contributed by atoms with Gasteiger partial charge in [-0.1, -0.05) is 0 Å². The number of hydrogen-bond donors (Lipinski definition) is 1. The Bertz CT molecular complexity index is 438. The monoisotopic (exact) mass is 250 g/mol. The van der Waals surface area contributed by atoms with Gasteiger partial charge in [-0.15, -0.1) is 22.7 Å². The van der Waals surface area contributed by atoms with Crippen molar-refractivity contribution in [2.75, 3.05) is 0 Å². The quantitative estimate of drug-likeness (QED) is 0.902. The fraction of sp³-hybridized carbons (Fsp3) is 0.417. The minimum Gasteiger partial charge on any atom is -0.306 e. The first-order valence-electron chi connectivity index (χ1n) is 5.60. The number of thiazole rings is 1. The fourth-order valence-electron chi connectivity index (χ4n) is 2.12. The van der Waals surface area contributed by atoms with Crippen molar-refractivity contribution >= 4 is 22.7 Å². The summed E-state index contributed by atoms with van der Waals surface area (Å²) in [5, 5.41) is 5.55. The molecule has 0 spiro atoms. The lowest BCUT2D eigenvalue weighted by molar-refractivity contribution is 0.689. The second-order valence-electron chi connectivity index (χ2n) is 4.10. The molecule has 0 bridgehead atoms. The van der Waals surface area contributed by atoms with Crippen molar-refractivity contribution in [3.8, 4) is 0 Å². The molecular formula is C12H14N2S2. The maximum atomic E-state index is 4.26. The van der Waals surface area contributed by atoms with E-state index in [1.165, 1.54) is 24.1 Å². The fourth-order valence-corrected chi connectivity index (χ4v) is 3.91. The van der Waals surface area contributed by atoms with Crippen molar-refractivity contribution < 1.29 is 0 Å². The molecule has 1 aliphatic carbocycles. The van der Waals surface area contributed by atoms with Crippen LogP contribution in [0.3, 0.4) is 0 Å². The average Bonchev–Trinajstić information content (AvgIpc) is 2.91. The number of nitrogens with one attached hydrogen (secondary N) is 1. The Labute approximate surface area is 103 Å². The molecule has 1 aliphatic rings. The van der Waals surface area contributed by atoms with Crippen LogP contribution < -0.4 is 5.32 Å². The van der Waals surface area contributed by atoms with Gasteiger partial charge in [-0.05, 0) is 30.9 Å².